The van der Waals surface area contributed by atoms with E-state index in [1.54, 1.807) is 0 Å². The number of rotatable bonds is 1. The van der Waals surface area contributed by atoms with Crippen molar-refractivity contribution in [2.24, 2.45) is 0 Å². The Balaban J connectivity index is 2.59. The largest absolute Gasteiger partial charge is 0.369 e. The molecule has 1 saturated heterocycles. The fraction of sp³-hybridized carbons (Fsp3) is 0.400. The fourth-order valence-electron chi connectivity index (χ4n) is 1.81. The minimum atomic E-state index is 0.210. The zero-order valence-corrected chi connectivity index (χ0v) is 11.9. The molecule has 0 N–H and O–H groups in total. The van der Waals surface area contributed by atoms with Crippen LogP contribution in [0.5, 0.6) is 0 Å². The monoisotopic (exact) mass is 317 g/mol. The molecule has 0 radical (unpaired) electrons. The van der Waals surface area contributed by atoms with Crippen molar-refractivity contribution in [2.45, 2.75) is 12.8 Å². The van der Waals surface area contributed by atoms with Crippen LogP contribution in [0.15, 0.2) is 0 Å². The Morgan fingerprint density at radius 1 is 0.625 bits per heavy atom. The first-order valence-corrected chi connectivity index (χ1v) is 6.69. The van der Waals surface area contributed by atoms with Gasteiger partial charge >= 0.3 is 0 Å². The molecule has 0 bridgehead atoms. The summed E-state index contributed by atoms with van der Waals surface area (Å²) in [5, 5.41) is 1.49. The number of nitrogens with zero attached hydrogens (tertiary/aromatic N) is 1. The Morgan fingerprint density at radius 3 is 1.44 bits per heavy atom. The van der Waals surface area contributed by atoms with Crippen molar-refractivity contribution in [1.29, 1.82) is 0 Å². The fourth-order valence-corrected chi connectivity index (χ4v) is 3.18. The summed E-state index contributed by atoms with van der Waals surface area (Å²) in [5.41, 5.74) is 0.695. The summed E-state index contributed by atoms with van der Waals surface area (Å²) in [6.45, 7) is 1.82. The van der Waals surface area contributed by atoms with Crippen molar-refractivity contribution in [2.75, 3.05) is 18.0 Å². The molecule has 16 heavy (non-hydrogen) atoms. The molecule has 1 nitrogen and oxygen atoms in total. The van der Waals surface area contributed by atoms with Crippen LogP contribution in [0.2, 0.25) is 25.1 Å². The summed E-state index contributed by atoms with van der Waals surface area (Å²) in [5.74, 6) is 0. The second-order valence-electron chi connectivity index (χ2n) is 3.61. The molecule has 1 fully saturated rings. The summed E-state index contributed by atoms with van der Waals surface area (Å²) in [4.78, 5) is 2.08. The quantitative estimate of drug-likeness (QED) is 0.484. The lowest BCUT2D eigenvalue weighted by Crippen LogP contribution is -2.18. The average Bonchev–Trinajstić information content (AvgIpc) is 2.77. The van der Waals surface area contributed by atoms with E-state index in [0.717, 1.165) is 25.9 Å². The predicted molar refractivity (Wildman–Crippen MR) is 72.9 cm³/mol. The summed E-state index contributed by atoms with van der Waals surface area (Å²) < 4.78 is 0. The molecule has 0 spiro atoms. The van der Waals surface area contributed by atoms with E-state index in [1.165, 1.54) is 0 Å². The molecule has 0 unspecified atom stereocenters. The van der Waals surface area contributed by atoms with Crippen LogP contribution in [0.1, 0.15) is 12.8 Å². The highest BCUT2D eigenvalue weighted by Crippen LogP contribution is 2.48. The Morgan fingerprint density at radius 2 is 1.00 bits per heavy atom. The molecule has 1 aliphatic heterocycles. The van der Waals surface area contributed by atoms with E-state index in [0.29, 0.717) is 15.7 Å². The Bertz CT molecular complexity index is 397. The maximum absolute atomic E-state index is 6.15. The molecule has 1 aromatic rings. The SMILES string of the molecule is Clc1c(Cl)c(Cl)c(N2CCCC2)c(Cl)c1Cl. The van der Waals surface area contributed by atoms with Gasteiger partial charge < -0.3 is 4.90 Å². The van der Waals surface area contributed by atoms with E-state index in [4.69, 9.17) is 58.0 Å². The second-order valence-corrected chi connectivity index (χ2v) is 5.50. The number of anilines is 1. The van der Waals surface area contributed by atoms with Gasteiger partial charge in [0, 0.05) is 13.1 Å². The van der Waals surface area contributed by atoms with Crippen LogP contribution in [0, 0.1) is 0 Å². The molecule has 1 heterocycles. The number of hydrogen-bond donors (Lipinski definition) is 0. The van der Waals surface area contributed by atoms with Gasteiger partial charge in [-0.05, 0) is 12.8 Å². The number of hydrogen-bond acceptors (Lipinski definition) is 1. The molecule has 0 aliphatic carbocycles. The summed E-state index contributed by atoms with van der Waals surface area (Å²) >= 11 is 30.2. The van der Waals surface area contributed by atoms with Crippen LogP contribution in [0.4, 0.5) is 5.69 Å². The lowest BCUT2D eigenvalue weighted by Gasteiger charge is -2.22. The minimum Gasteiger partial charge on any atom is -0.369 e. The molecule has 6 heteroatoms. The predicted octanol–water partition coefficient (Wildman–Crippen LogP) is 5.55. The normalized spacial score (nSPS) is 15.9. The highest BCUT2D eigenvalue weighted by molar-refractivity contribution is 6.56. The highest BCUT2D eigenvalue weighted by atomic mass is 35.5. The summed E-state index contributed by atoms with van der Waals surface area (Å²) in [6.07, 6.45) is 2.23. The Hall–Kier alpha value is 0.470. The van der Waals surface area contributed by atoms with Gasteiger partial charge in [0.1, 0.15) is 0 Å². The molecule has 1 aliphatic rings. The minimum absolute atomic E-state index is 0.210. The van der Waals surface area contributed by atoms with Gasteiger partial charge in [-0.3, -0.25) is 0 Å². The average molecular weight is 319 g/mol. The van der Waals surface area contributed by atoms with Crippen molar-refractivity contribution >= 4 is 63.7 Å². The maximum Gasteiger partial charge on any atom is 0.0857 e. The van der Waals surface area contributed by atoms with Crippen molar-refractivity contribution < 1.29 is 0 Å². The van der Waals surface area contributed by atoms with Crippen LogP contribution >= 0.6 is 58.0 Å². The molecule has 0 aromatic heterocycles. The topological polar surface area (TPSA) is 3.24 Å². The third-order valence-corrected chi connectivity index (χ3v) is 4.87. The van der Waals surface area contributed by atoms with Gasteiger partial charge in [-0.1, -0.05) is 58.0 Å². The maximum atomic E-state index is 6.15. The van der Waals surface area contributed by atoms with Crippen LogP contribution in [-0.2, 0) is 0 Å². The smallest absolute Gasteiger partial charge is 0.0857 e. The van der Waals surface area contributed by atoms with E-state index >= 15 is 0 Å². The lowest BCUT2D eigenvalue weighted by molar-refractivity contribution is 0.949. The molecular formula is C10H8Cl5N. The van der Waals surface area contributed by atoms with Crippen LogP contribution in [0.3, 0.4) is 0 Å². The van der Waals surface area contributed by atoms with Crippen molar-refractivity contribution in [3.05, 3.63) is 25.1 Å². The molecular weight excluding hydrogens is 311 g/mol. The Labute approximate surface area is 119 Å². The number of halogens is 5. The third kappa shape index (κ3) is 2.09. The van der Waals surface area contributed by atoms with E-state index in [2.05, 4.69) is 4.90 Å². The molecule has 2 rings (SSSR count). The van der Waals surface area contributed by atoms with E-state index in [1.807, 2.05) is 0 Å². The van der Waals surface area contributed by atoms with Gasteiger partial charge in [-0.25, -0.2) is 0 Å². The van der Waals surface area contributed by atoms with Crippen LogP contribution in [-0.4, -0.2) is 13.1 Å². The van der Waals surface area contributed by atoms with Gasteiger partial charge in [0.25, 0.3) is 0 Å². The number of benzene rings is 1. The lowest BCUT2D eigenvalue weighted by atomic mass is 10.3. The first-order chi connectivity index (χ1) is 7.54. The zero-order chi connectivity index (χ0) is 11.9. The van der Waals surface area contributed by atoms with Gasteiger partial charge in [0.05, 0.1) is 30.8 Å². The standard InChI is InChI=1S/C10H8Cl5N/c11-5-6(12)8(14)10(9(15)7(5)13)16-3-1-2-4-16/h1-4H2. The van der Waals surface area contributed by atoms with E-state index in [-0.39, 0.29) is 15.1 Å². The summed E-state index contributed by atoms with van der Waals surface area (Å²) in [7, 11) is 0. The molecule has 0 saturated carbocycles. The van der Waals surface area contributed by atoms with Crippen LogP contribution in [0.25, 0.3) is 0 Å². The second kappa shape index (κ2) is 4.99. The van der Waals surface area contributed by atoms with Crippen molar-refractivity contribution in [3.8, 4) is 0 Å². The first kappa shape index (κ1) is 12.9. The van der Waals surface area contributed by atoms with Gasteiger partial charge in [0.15, 0.2) is 0 Å². The van der Waals surface area contributed by atoms with Crippen molar-refractivity contribution in [1.82, 2.24) is 0 Å². The first-order valence-electron chi connectivity index (χ1n) is 4.80. The molecule has 88 valence electrons. The molecule has 1 aromatic carbocycles. The molecule has 0 amide bonds. The van der Waals surface area contributed by atoms with Crippen LogP contribution < -0.4 is 4.90 Å². The molecule has 0 atom stereocenters. The van der Waals surface area contributed by atoms with Gasteiger partial charge in [0.2, 0.25) is 0 Å². The zero-order valence-electron chi connectivity index (χ0n) is 8.17. The van der Waals surface area contributed by atoms with Gasteiger partial charge in [-0.15, -0.1) is 0 Å². The van der Waals surface area contributed by atoms with Gasteiger partial charge in [-0.2, -0.15) is 0 Å². The third-order valence-electron chi connectivity index (χ3n) is 2.61. The Kier molecular flexibility index (Phi) is 4.03. The van der Waals surface area contributed by atoms with E-state index in [9.17, 15) is 0 Å². The summed E-state index contributed by atoms with van der Waals surface area (Å²) in [6, 6.07) is 0. The van der Waals surface area contributed by atoms with Crippen molar-refractivity contribution in [3.63, 3.8) is 0 Å². The highest BCUT2D eigenvalue weighted by Gasteiger charge is 2.24. The van der Waals surface area contributed by atoms with E-state index < -0.39 is 0 Å².